The van der Waals surface area contributed by atoms with Crippen molar-refractivity contribution in [3.8, 4) is 17.0 Å². The molecule has 0 saturated carbocycles. The van der Waals surface area contributed by atoms with Crippen LogP contribution in [0.3, 0.4) is 0 Å². The molecule has 36 heavy (non-hydrogen) atoms. The minimum Gasteiger partial charge on any atom is -0.478 e. The van der Waals surface area contributed by atoms with E-state index in [1.165, 1.54) is 32.4 Å². The van der Waals surface area contributed by atoms with Gasteiger partial charge >= 0.3 is 0 Å². The Hall–Kier alpha value is -3.03. The molecular weight excluding hydrogens is 450 g/mol. The first-order valence-electron chi connectivity index (χ1n) is 13.4. The van der Waals surface area contributed by atoms with E-state index in [1.54, 1.807) is 0 Å². The molecular formula is C29H35N5O2. The van der Waals surface area contributed by atoms with Gasteiger partial charge in [0.25, 0.3) is 0 Å². The lowest BCUT2D eigenvalue weighted by molar-refractivity contribution is 0.0835. The SMILES string of the molecule is Cc1nc(C2CCOCC2)n2c1cnc1ccc(-c3ccc(OCCCN4CCCCC4)nc3)cc12. The number of piperidine rings is 1. The van der Waals surface area contributed by atoms with Gasteiger partial charge < -0.3 is 14.4 Å². The standard InChI is InChI=1S/C29H35N5O2/c1-21-27-20-30-25-8-6-23(18-26(25)34(27)29(32-21)22-10-16-35-17-11-22)24-7-9-28(31-19-24)36-15-5-14-33-12-3-2-4-13-33/h6-9,18-20,22H,2-5,10-17H2,1H3. The Labute approximate surface area is 212 Å². The van der Waals surface area contributed by atoms with Gasteiger partial charge in [0.15, 0.2) is 0 Å². The lowest BCUT2D eigenvalue weighted by atomic mass is 9.99. The summed E-state index contributed by atoms with van der Waals surface area (Å²) < 4.78 is 13.8. The first kappa shape index (κ1) is 23.4. The van der Waals surface area contributed by atoms with Crippen LogP contribution in [0.5, 0.6) is 5.88 Å². The van der Waals surface area contributed by atoms with Crippen LogP contribution in [0, 0.1) is 6.92 Å². The number of aromatic nitrogens is 4. The van der Waals surface area contributed by atoms with Crippen molar-refractivity contribution in [2.75, 3.05) is 39.5 Å². The maximum Gasteiger partial charge on any atom is 0.213 e. The number of hydrogen-bond donors (Lipinski definition) is 0. The number of hydrogen-bond acceptors (Lipinski definition) is 6. The highest BCUT2D eigenvalue weighted by molar-refractivity contribution is 5.84. The topological polar surface area (TPSA) is 64.8 Å². The molecule has 0 spiro atoms. The fraction of sp³-hybridized carbons (Fsp3) is 0.483. The van der Waals surface area contributed by atoms with Crippen molar-refractivity contribution in [3.05, 3.63) is 54.2 Å². The van der Waals surface area contributed by atoms with Gasteiger partial charge in [-0.3, -0.25) is 9.38 Å². The summed E-state index contributed by atoms with van der Waals surface area (Å²) in [4.78, 5) is 16.8. The zero-order chi connectivity index (χ0) is 24.3. The van der Waals surface area contributed by atoms with E-state index in [2.05, 4.69) is 45.5 Å². The second-order valence-corrected chi connectivity index (χ2v) is 10.1. The average molecular weight is 486 g/mol. The molecule has 0 N–H and O–H groups in total. The lowest BCUT2D eigenvalue weighted by Crippen LogP contribution is -2.31. The fourth-order valence-corrected chi connectivity index (χ4v) is 5.60. The Bertz CT molecular complexity index is 1320. The van der Waals surface area contributed by atoms with Gasteiger partial charge in [-0.2, -0.15) is 0 Å². The van der Waals surface area contributed by atoms with Crippen molar-refractivity contribution in [1.82, 2.24) is 24.3 Å². The van der Waals surface area contributed by atoms with Crippen LogP contribution in [-0.2, 0) is 4.74 Å². The van der Waals surface area contributed by atoms with Gasteiger partial charge in [-0.1, -0.05) is 12.5 Å². The number of ether oxygens (including phenoxy) is 2. The molecule has 188 valence electrons. The smallest absolute Gasteiger partial charge is 0.213 e. The van der Waals surface area contributed by atoms with Gasteiger partial charge in [0.2, 0.25) is 5.88 Å². The molecule has 0 bridgehead atoms. The number of aryl methyl sites for hydroxylation is 1. The van der Waals surface area contributed by atoms with Crippen LogP contribution in [0.15, 0.2) is 42.7 Å². The molecule has 2 fully saturated rings. The second kappa shape index (κ2) is 10.5. The van der Waals surface area contributed by atoms with Crippen LogP contribution < -0.4 is 4.74 Å². The number of likely N-dealkylation sites (tertiary alicyclic amines) is 1. The normalized spacial score (nSPS) is 17.7. The molecule has 4 aromatic rings. The van der Waals surface area contributed by atoms with Gasteiger partial charge in [0, 0.05) is 43.5 Å². The van der Waals surface area contributed by atoms with E-state index in [-0.39, 0.29) is 0 Å². The molecule has 6 rings (SSSR count). The molecule has 2 aliphatic heterocycles. The van der Waals surface area contributed by atoms with Gasteiger partial charge in [0.1, 0.15) is 5.82 Å². The third-order valence-electron chi connectivity index (χ3n) is 7.64. The molecule has 0 unspecified atom stereocenters. The minimum absolute atomic E-state index is 0.405. The van der Waals surface area contributed by atoms with Crippen molar-refractivity contribution >= 4 is 16.6 Å². The molecule has 0 amide bonds. The number of nitrogens with zero attached hydrogens (tertiary/aromatic N) is 5. The predicted octanol–water partition coefficient (Wildman–Crippen LogP) is 5.40. The zero-order valence-electron chi connectivity index (χ0n) is 21.2. The highest BCUT2D eigenvalue weighted by atomic mass is 16.5. The van der Waals surface area contributed by atoms with E-state index in [0.29, 0.717) is 18.4 Å². The van der Waals surface area contributed by atoms with Crippen molar-refractivity contribution in [3.63, 3.8) is 0 Å². The molecule has 5 heterocycles. The Morgan fingerprint density at radius 3 is 2.58 bits per heavy atom. The highest BCUT2D eigenvalue weighted by Crippen LogP contribution is 2.32. The first-order valence-corrected chi connectivity index (χ1v) is 13.4. The van der Waals surface area contributed by atoms with E-state index in [9.17, 15) is 0 Å². The molecule has 7 heteroatoms. The van der Waals surface area contributed by atoms with Crippen molar-refractivity contribution in [2.45, 2.75) is 51.4 Å². The Morgan fingerprint density at radius 2 is 1.78 bits per heavy atom. The molecule has 7 nitrogen and oxygen atoms in total. The highest BCUT2D eigenvalue weighted by Gasteiger charge is 2.23. The summed E-state index contributed by atoms with van der Waals surface area (Å²) >= 11 is 0. The van der Waals surface area contributed by atoms with E-state index in [0.717, 1.165) is 78.2 Å². The summed E-state index contributed by atoms with van der Waals surface area (Å²) in [6.07, 6.45) is 10.9. The first-order chi connectivity index (χ1) is 17.8. The second-order valence-electron chi connectivity index (χ2n) is 10.1. The van der Waals surface area contributed by atoms with E-state index in [1.807, 2.05) is 18.5 Å². The van der Waals surface area contributed by atoms with Crippen LogP contribution in [0.2, 0.25) is 0 Å². The number of fused-ring (bicyclic) bond motifs is 3. The molecule has 0 aliphatic carbocycles. The largest absolute Gasteiger partial charge is 0.478 e. The summed E-state index contributed by atoms with van der Waals surface area (Å²) in [7, 11) is 0. The van der Waals surface area contributed by atoms with E-state index in [4.69, 9.17) is 19.4 Å². The molecule has 1 aromatic carbocycles. The third kappa shape index (κ3) is 4.82. The maximum atomic E-state index is 5.93. The summed E-state index contributed by atoms with van der Waals surface area (Å²) in [5.41, 5.74) is 6.35. The Morgan fingerprint density at radius 1 is 0.944 bits per heavy atom. The van der Waals surface area contributed by atoms with Gasteiger partial charge in [-0.15, -0.1) is 0 Å². The Kier molecular flexibility index (Phi) is 6.84. The summed E-state index contributed by atoms with van der Waals surface area (Å²) in [6.45, 7) is 7.95. The fourth-order valence-electron chi connectivity index (χ4n) is 5.60. The minimum atomic E-state index is 0.405. The van der Waals surface area contributed by atoms with Crippen LogP contribution in [0.25, 0.3) is 27.7 Å². The average Bonchev–Trinajstić information content (AvgIpc) is 3.29. The van der Waals surface area contributed by atoms with Gasteiger partial charge in [-0.05, 0) is 75.9 Å². The van der Waals surface area contributed by atoms with E-state index < -0.39 is 0 Å². The third-order valence-corrected chi connectivity index (χ3v) is 7.64. The monoisotopic (exact) mass is 485 g/mol. The molecule has 0 atom stereocenters. The molecule has 2 aliphatic rings. The molecule has 3 aromatic heterocycles. The van der Waals surface area contributed by atoms with Gasteiger partial charge in [-0.25, -0.2) is 9.97 Å². The summed E-state index contributed by atoms with van der Waals surface area (Å²) in [5.74, 6) is 2.22. The number of rotatable bonds is 7. The number of imidazole rings is 1. The number of benzene rings is 1. The lowest BCUT2D eigenvalue weighted by Gasteiger charge is -2.26. The van der Waals surface area contributed by atoms with Crippen LogP contribution >= 0.6 is 0 Å². The zero-order valence-corrected chi connectivity index (χ0v) is 21.2. The van der Waals surface area contributed by atoms with E-state index >= 15 is 0 Å². The number of pyridine rings is 1. The van der Waals surface area contributed by atoms with Gasteiger partial charge in [0.05, 0.1) is 35.0 Å². The summed E-state index contributed by atoms with van der Waals surface area (Å²) in [6, 6.07) is 10.5. The van der Waals surface area contributed by atoms with Crippen LogP contribution in [-0.4, -0.2) is 63.7 Å². The Balaban J connectivity index is 1.21. The quantitative estimate of drug-likeness (QED) is 0.327. The van der Waals surface area contributed by atoms with Crippen molar-refractivity contribution in [1.29, 1.82) is 0 Å². The van der Waals surface area contributed by atoms with Crippen LogP contribution in [0.4, 0.5) is 0 Å². The predicted molar refractivity (Wildman–Crippen MR) is 142 cm³/mol. The van der Waals surface area contributed by atoms with Crippen LogP contribution in [0.1, 0.15) is 56.0 Å². The van der Waals surface area contributed by atoms with Crippen molar-refractivity contribution in [2.24, 2.45) is 0 Å². The molecule has 2 saturated heterocycles. The molecule has 0 radical (unpaired) electrons. The summed E-state index contributed by atoms with van der Waals surface area (Å²) in [5, 5.41) is 0. The van der Waals surface area contributed by atoms with Crippen molar-refractivity contribution < 1.29 is 9.47 Å². The maximum absolute atomic E-state index is 5.93.